The van der Waals surface area contributed by atoms with Crippen LogP contribution in [0.25, 0.3) is 22.3 Å². The number of hydrogen-bond acceptors (Lipinski definition) is 5. The van der Waals surface area contributed by atoms with Gasteiger partial charge in [0, 0.05) is 17.8 Å². The molecule has 33 heavy (non-hydrogen) atoms. The van der Waals surface area contributed by atoms with Crippen LogP contribution in [0.2, 0.25) is 0 Å². The Balaban J connectivity index is 1.58. The van der Waals surface area contributed by atoms with Crippen molar-refractivity contribution in [2.45, 2.75) is 33.7 Å². The van der Waals surface area contributed by atoms with E-state index < -0.39 is 5.97 Å². The van der Waals surface area contributed by atoms with Gasteiger partial charge in [0.1, 0.15) is 0 Å². The number of ether oxygens (including phenoxy) is 1. The fourth-order valence-electron chi connectivity index (χ4n) is 3.79. The van der Waals surface area contributed by atoms with Crippen molar-refractivity contribution in [1.29, 1.82) is 0 Å². The number of hydrogen-bond donors (Lipinski definition) is 1. The molecule has 2 heterocycles. The van der Waals surface area contributed by atoms with Crippen molar-refractivity contribution >= 4 is 28.6 Å². The molecule has 7 heteroatoms. The topological polar surface area (TPSA) is 86.1 Å². The van der Waals surface area contributed by atoms with Gasteiger partial charge in [0.2, 0.25) is 0 Å². The Labute approximate surface area is 192 Å². The lowest BCUT2D eigenvalue weighted by molar-refractivity contribution is -0.119. The van der Waals surface area contributed by atoms with Crippen molar-refractivity contribution < 1.29 is 14.3 Å². The summed E-state index contributed by atoms with van der Waals surface area (Å²) in [6.45, 7) is 6.15. The zero-order valence-corrected chi connectivity index (χ0v) is 19.0. The molecule has 0 saturated carbocycles. The summed E-state index contributed by atoms with van der Waals surface area (Å²) in [7, 11) is 0. The average molecular weight is 443 g/mol. The maximum absolute atomic E-state index is 13.0. The van der Waals surface area contributed by atoms with Gasteiger partial charge in [-0.15, -0.1) is 0 Å². The number of esters is 1. The molecule has 168 valence electrons. The summed E-state index contributed by atoms with van der Waals surface area (Å²) in [4.78, 5) is 30.3. The first-order valence-electron chi connectivity index (χ1n) is 11.0. The number of para-hydroxylation sites is 1. The van der Waals surface area contributed by atoms with E-state index in [1.165, 1.54) is 0 Å². The number of aryl methyl sites for hydroxylation is 3. The molecule has 0 bridgehead atoms. The molecule has 0 saturated heterocycles. The minimum atomic E-state index is -0.592. The maximum atomic E-state index is 13.0. The minimum Gasteiger partial charge on any atom is -0.452 e. The lowest BCUT2D eigenvalue weighted by Crippen LogP contribution is -2.22. The van der Waals surface area contributed by atoms with Crippen LogP contribution in [0.15, 0.2) is 60.8 Å². The molecule has 0 spiro atoms. The first-order valence-corrected chi connectivity index (χ1v) is 11.0. The number of fused-ring (bicyclic) bond motifs is 1. The Morgan fingerprint density at radius 2 is 1.85 bits per heavy atom. The molecule has 2 aromatic heterocycles. The summed E-state index contributed by atoms with van der Waals surface area (Å²) < 4.78 is 7.13. The highest BCUT2D eigenvalue weighted by atomic mass is 16.5. The summed E-state index contributed by atoms with van der Waals surface area (Å²) in [5.41, 5.74) is 5.21. The Hall–Kier alpha value is -4.00. The molecule has 0 aliphatic heterocycles. The molecule has 0 aliphatic rings. The number of nitrogens with one attached hydrogen (secondary N) is 1. The van der Waals surface area contributed by atoms with Crippen LogP contribution < -0.4 is 5.32 Å². The third-order valence-electron chi connectivity index (χ3n) is 5.54. The highest BCUT2D eigenvalue weighted by Crippen LogP contribution is 2.26. The Morgan fingerprint density at radius 3 is 2.58 bits per heavy atom. The third-order valence-corrected chi connectivity index (χ3v) is 5.54. The molecule has 0 aliphatic carbocycles. The molecule has 0 radical (unpaired) electrons. The summed E-state index contributed by atoms with van der Waals surface area (Å²) in [5.74, 6) is -0.976. The van der Waals surface area contributed by atoms with Crippen LogP contribution in [0.1, 0.15) is 35.3 Å². The van der Waals surface area contributed by atoms with E-state index in [1.54, 1.807) is 16.9 Å². The van der Waals surface area contributed by atoms with Crippen LogP contribution in [-0.4, -0.2) is 33.2 Å². The quantitative estimate of drug-likeness (QED) is 0.416. The van der Waals surface area contributed by atoms with Crippen LogP contribution in [-0.2, 0) is 22.5 Å². The van der Waals surface area contributed by atoms with Gasteiger partial charge in [0.25, 0.3) is 5.91 Å². The molecule has 7 nitrogen and oxygen atoms in total. The van der Waals surface area contributed by atoms with Gasteiger partial charge in [-0.05, 0) is 37.5 Å². The lowest BCUT2D eigenvalue weighted by atomic mass is 10.1. The molecule has 1 N–H and O–H groups in total. The first-order chi connectivity index (χ1) is 16.0. The zero-order chi connectivity index (χ0) is 23.4. The van der Waals surface area contributed by atoms with E-state index in [2.05, 4.69) is 10.4 Å². The van der Waals surface area contributed by atoms with Crippen LogP contribution in [0.5, 0.6) is 0 Å². The van der Waals surface area contributed by atoms with Crippen molar-refractivity contribution in [1.82, 2.24) is 14.8 Å². The van der Waals surface area contributed by atoms with Gasteiger partial charge in [-0.2, -0.15) is 5.10 Å². The number of amides is 1. The number of pyridine rings is 1. The summed E-state index contributed by atoms with van der Waals surface area (Å²) in [5, 5.41) is 7.81. The van der Waals surface area contributed by atoms with Gasteiger partial charge in [-0.25, -0.2) is 14.5 Å². The van der Waals surface area contributed by atoms with Gasteiger partial charge in [0.15, 0.2) is 12.3 Å². The van der Waals surface area contributed by atoms with Gasteiger partial charge in [-0.3, -0.25) is 4.79 Å². The van der Waals surface area contributed by atoms with Crippen LogP contribution in [0, 0.1) is 6.92 Å². The van der Waals surface area contributed by atoms with Gasteiger partial charge >= 0.3 is 5.97 Å². The molecular weight excluding hydrogens is 416 g/mol. The largest absolute Gasteiger partial charge is 0.452 e. The highest BCUT2D eigenvalue weighted by molar-refractivity contribution is 6.05. The van der Waals surface area contributed by atoms with E-state index in [9.17, 15) is 9.59 Å². The molecule has 0 fully saturated rings. The molecule has 4 rings (SSSR count). The van der Waals surface area contributed by atoms with Crippen molar-refractivity contribution in [2.75, 3.05) is 11.9 Å². The second-order valence-corrected chi connectivity index (χ2v) is 7.71. The molecule has 1 amide bonds. The number of carbonyl (C=O) groups excluding carboxylic acids is 2. The molecule has 2 aromatic carbocycles. The summed E-state index contributed by atoms with van der Waals surface area (Å²) in [6.07, 6.45) is 2.40. The molecular formula is C26H26N4O3. The van der Waals surface area contributed by atoms with Crippen LogP contribution >= 0.6 is 0 Å². The van der Waals surface area contributed by atoms with Crippen LogP contribution in [0.4, 0.5) is 5.69 Å². The fourth-order valence-corrected chi connectivity index (χ4v) is 3.79. The molecule has 0 atom stereocenters. The second-order valence-electron chi connectivity index (χ2n) is 7.71. The normalized spacial score (nSPS) is 10.9. The third kappa shape index (κ3) is 4.62. The Bertz CT molecular complexity index is 1310. The van der Waals surface area contributed by atoms with Crippen LogP contribution in [0.3, 0.4) is 0 Å². The standard InChI is InChI=1S/C26H26N4O3/c1-4-18-13-9-10-17(3)24(18)29-23(31)16-33-26(32)20-14-22(19-11-7-6-8-12-19)28-25-21(20)15-27-30(25)5-2/h6-15H,4-5,16H2,1-3H3,(H,29,31). The number of aromatic nitrogens is 3. The predicted molar refractivity (Wildman–Crippen MR) is 128 cm³/mol. The Kier molecular flexibility index (Phi) is 6.49. The van der Waals surface area contributed by atoms with Crippen molar-refractivity contribution in [3.63, 3.8) is 0 Å². The van der Waals surface area contributed by atoms with E-state index >= 15 is 0 Å². The van der Waals surface area contributed by atoms with E-state index in [1.807, 2.05) is 69.3 Å². The van der Waals surface area contributed by atoms with Gasteiger partial charge < -0.3 is 10.1 Å². The summed E-state index contributed by atoms with van der Waals surface area (Å²) in [6, 6.07) is 17.2. The number of carbonyl (C=O) groups is 2. The summed E-state index contributed by atoms with van der Waals surface area (Å²) >= 11 is 0. The van der Waals surface area contributed by atoms with Gasteiger partial charge in [0.05, 0.1) is 22.8 Å². The van der Waals surface area contributed by atoms with Gasteiger partial charge in [-0.1, -0.05) is 55.5 Å². The van der Waals surface area contributed by atoms with E-state index in [0.717, 1.165) is 28.8 Å². The Morgan fingerprint density at radius 1 is 1.06 bits per heavy atom. The van der Waals surface area contributed by atoms with E-state index in [4.69, 9.17) is 9.72 Å². The van der Waals surface area contributed by atoms with Crippen molar-refractivity contribution in [3.05, 3.63) is 77.5 Å². The second kappa shape index (κ2) is 9.65. The maximum Gasteiger partial charge on any atom is 0.339 e. The smallest absolute Gasteiger partial charge is 0.339 e. The molecule has 4 aromatic rings. The predicted octanol–water partition coefficient (Wildman–Crippen LogP) is 4.78. The van der Waals surface area contributed by atoms with Crippen molar-refractivity contribution in [3.8, 4) is 11.3 Å². The van der Waals surface area contributed by atoms with Crippen molar-refractivity contribution in [2.24, 2.45) is 0 Å². The number of rotatable bonds is 7. The highest BCUT2D eigenvalue weighted by Gasteiger charge is 2.19. The lowest BCUT2D eigenvalue weighted by Gasteiger charge is -2.13. The average Bonchev–Trinajstić information content (AvgIpc) is 3.27. The molecule has 0 unspecified atom stereocenters. The zero-order valence-electron chi connectivity index (χ0n) is 19.0. The number of nitrogens with zero attached hydrogens (tertiary/aromatic N) is 3. The number of anilines is 1. The SMILES string of the molecule is CCc1cccc(C)c1NC(=O)COC(=O)c1cc(-c2ccccc2)nc2c1cnn2CC. The number of benzene rings is 2. The fraction of sp³-hybridized carbons (Fsp3) is 0.231. The minimum absolute atomic E-state index is 0.330. The monoisotopic (exact) mass is 442 g/mol. The van der Waals surface area contributed by atoms with E-state index in [-0.39, 0.29) is 12.5 Å². The van der Waals surface area contributed by atoms with E-state index in [0.29, 0.717) is 28.8 Å². The first kappa shape index (κ1) is 22.2.